The summed E-state index contributed by atoms with van der Waals surface area (Å²) in [4.78, 5) is 78.5. The standard InChI is InChI=1S/C21H28N7O17P3.C6H6N2O/c22-17-12-19(25-7-24-17)28(8-26-12)21-16(44-46(33,34)35)14(30)11(43-21)6-41-48(38,39)45-47(36,37)40-5-10-13(29)15(31)20(42-10)27-3-1-2-9(4-27)18(23)32;7-6(9)5-2-1-3-8-4-5/h1-4,7-8,10-11,13-16,20-21,29-31H,5-6H2,(H7-,22,23,24,25,32,33,34,35,36,37,38,39);1-4H,(H2,7,9)/t10-,11-,13-,14-,15-,16-,20-,21-;/m1./s1. The van der Waals surface area contributed by atoms with Gasteiger partial charge in [0.25, 0.3) is 20.0 Å². The van der Waals surface area contributed by atoms with Crippen LogP contribution in [0, 0.1) is 0 Å². The molecule has 2 aliphatic heterocycles. The number of amides is 2. The molecule has 10 atom stereocenters. The number of pyridine rings is 2. The van der Waals surface area contributed by atoms with E-state index in [4.69, 9.17) is 26.7 Å². The number of primary amides is 2. The lowest BCUT2D eigenvalue weighted by molar-refractivity contribution is -0.765. The number of anilines is 1. The van der Waals surface area contributed by atoms with Crippen molar-refractivity contribution in [1.29, 1.82) is 0 Å². The van der Waals surface area contributed by atoms with Gasteiger partial charge in [0.05, 0.1) is 25.1 Å². The van der Waals surface area contributed by atoms with Crippen LogP contribution < -0.4 is 26.7 Å². The molecule has 0 aliphatic carbocycles. The third kappa shape index (κ3) is 11.0. The van der Waals surface area contributed by atoms with Crippen LogP contribution in [0.25, 0.3) is 11.2 Å². The first-order valence-corrected chi connectivity index (χ1v) is 20.3. The van der Waals surface area contributed by atoms with Crippen LogP contribution in [-0.2, 0) is 41.1 Å². The summed E-state index contributed by atoms with van der Waals surface area (Å²) in [5, 5.41) is 31.5. The number of fused-ring (bicyclic) bond motifs is 1. The summed E-state index contributed by atoms with van der Waals surface area (Å²) < 4.78 is 67.9. The van der Waals surface area contributed by atoms with Crippen LogP contribution in [0.1, 0.15) is 33.2 Å². The van der Waals surface area contributed by atoms with E-state index < -0.39 is 97.6 Å². The summed E-state index contributed by atoms with van der Waals surface area (Å²) in [5.74, 6) is -1.30. The van der Waals surface area contributed by atoms with Crippen molar-refractivity contribution in [3.05, 3.63) is 72.8 Å². The maximum atomic E-state index is 12.5. The number of hydrogen-bond acceptors (Lipinski definition) is 20. The number of carbonyl (C=O) groups is 2. The number of nitrogens with zero attached hydrogens (tertiary/aromatic N) is 6. The van der Waals surface area contributed by atoms with Crippen molar-refractivity contribution in [3.8, 4) is 0 Å². The van der Waals surface area contributed by atoms with Gasteiger partial charge in [-0.15, -0.1) is 0 Å². The summed E-state index contributed by atoms with van der Waals surface area (Å²) >= 11 is 0. The number of aliphatic hydroxyl groups excluding tert-OH is 3. The molecule has 2 amide bonds. The van der Waals surface area contributed by atoms with Crippen LogP contribution in [0.3, 0.4) is 0 Å². The highest BCUT2D eigenvalue weighted by molar-refractivity contribution is 7.60. The maximum absolute atomic E-state index is 12.5. The predicted molar refractivity (Wildman–Crippen MR) is 181 cm³/mol. The Hall–Kier alpha value is -4.24. The van der Waals surface area contributed by atoms with Gasteiger partial charge in [-0.25, -0.2) is 28.4 Å². The summed E-state index contributed by atoms with van der Waals surface area (Å²) in [5.41, 5.74) is 16.4. The van der Waals surface area contributed by atoms with Crippen LogP contribution in [0.2, 0.25) is 0 Å². The molecule has 0 bridgehead atoms. The molecule has 4 aromatic heterocycles. The van der Waals surface area contributed by atoms with E-state index in [0.29, 0.717) is 5.56 Å². The molecular weight excluding hydrogens is 831 g/mol. The minimum absolute atomic E-state index is 0.00541. The second-order valence-electron chi connectivity index (χ2n) is 11.8. The van der Waals surface area contributed by atoms with E-state index in [1.165, 1.54) is 35.3 Å². The molecule has 2 saturated heterocycles. The third-order valence-corrected chi connectivity index (χ3v) is 11.0. The van der Waals surface area contributed by atoms with Crippen LogP contribution in [0.5, 0.6) is 0 Å². The molecule has 6 heterocycles. The Kier molecular flexibility index (Phi) is 13.6. The maximum Gasteiger partial charge on any atom is 0.478 e. The van der Waals surface area contributed by atoms with Gasteiger partial charge in [0.2, 0.25) is 5.91 Å². The van der Waals surface area contributed by atoms with E-state index in [2.05, 4.69) is 37.8 Å². The number of carbonyl (C=O) groups excluding carboxylic acids is 2. The predicted octanol–water partition coefficient (Wildman–Crippen LogP) is -3.35. The van der Waals surface area contributed by atoms with E-state index in [-0.39, 0.29) is 22.5 Å². The van der Waals surface area contributed by atoms with Crippen LogP contribution in [0.4, 0.5) is 5.82 Å². The Labute approximate surface area is 319 Å². The minimum atomic E-state index is -5.72. The number of aliphatic hydroxyl groups is 3. The highest BCUT2D eigenvalue weighted by atomic mass is 31.3. The van der Waals surface area contributed by atoms with E-state index in [1.54, 1.807) is 18.3 Å². The van der Waals surface area contributed by atoms with Crippen molar-refractivity contribution in [2.24, 2.45) is 11.5 Å². The summed E-state index contributed by atoms with van der Waals surface area (Å²) in [6.45, 7) is -2.12. The quantitative estimate of drug-likeness (QED) is 0.0441. The highest BCUT2D eigenvalue weighted by Crippen LogP contribution is 2.58. The molecule has 0 radical (unpaired) electrons. The normalized spacial score (nSPS) is 26.9. The fourth-order valence-electron chi connectivity index (χ4n) is 5.33. The number of ether oxygens (including phenoxy) is 2. The van der Waals surface area contributed by atoms with E-state index >= 15 is 0 Å². The Morgan fingerprint density at radius 1 is 0.912 bits per heavy atom. The first kappa shape index (κ1) is 43.9. The van der Waals surface area contributed by atoms with Crippen LogP contribution in [0.15, 0.2) is 61.7 Å². The van der Waals surface area contributed by atoms with Crippen molar-refractivity contribution >= 4 is 52.3 Å². The van der Waals surface area contributed by atoms with Gasteiger partial charge in [-0.2, -0.15) is 4.57 Å². The second-order valence-corrected chi connectivity index (χ2v) is 16.0. The van der Waals surface area contributed by atoms with Crippen molar-refractivity contribution < 1.29 is 90.1 Å². The van der Waals surface area contributed by atoms with Gasteiger partial charge in [0.15, 0.2) is 36.2 Å². The highest BCUT2D eigenvalue weighted by Gasteiger charge is 2.51. The molecule has 6 rings (SSSR count). The molecule has 57 heavy (non-hydrogen) atoms. The number of phosphoric ester groups is 3. The third-order valence-electron chi connectivity index (χ3n) is 7.92. The average molecular weight is 866 g/mol. The Bertz CT molecular complexity index is 2220. The Balaban J connectivity index is 0.000000606. The fourth-order valence-corrected chi connectivity index (χ4v) is 7.93. The van der Waals surface area contributed by atoms with Gasteiger partial charge >= 0.3 is 15.6 Å². The minimum Gasteiger partial charge on any atom is -0.756 e. The first-order valence-electron chi connectivity index (χ1n) is 15.8. The second kappa shape index (κ2) is 17.7. The lowest BCUT2D eigenvalue weighted by Gasteiger charge is -2.26. The molecule has 4 aromatic rings. The SMILES string of the molecule is NC(=O)c1ccc[n+]([C@@H]2O[C@H](COP(=O)([O-])OP(=O)(O)OC[C@H]3O[C@@H](n4cnc5c(N)ncnc54)[C@H](OP(=O)(O)O)[C@@H]3O)[C@@H](O)[C@H]2O)c1.NC(=O)c1cccnc1. The van der Waals surface area contributed by atoms with E-state index in [1.807, 2.05) is 0 Å². The van der Waals surface area contributed by atoms with Crippen molar-refractivity contribution in [2.45, 2.75) is 49.1 Å². The molecule has 2 aliphatic rings. The van der Waals surface area contributed by atoms with Gasteiger partial charge in [0.1, 0.15) is 47.9 Å². The molecular formula is C27H34N9O18P3. The molecule has 2 fully saturated rings. The van der Waals surface area contributed by atoms with Crippen LogP contribution in [-0.4, -0.2) is 116 Å². The zero-order valence-corrected chi connectivity index (χ0v) is 31.3. The Morgan fingerprint density at radius 3 is 2.21 bits per heavy atom. The number of imidazole rings is 1. The lowest BCUT2D eigenvalue weighted by atomic mass is 10.1. The first-order chi connectivity index (χ1) is 26.7. The topological polar surface area (TPSA) is 424 Å². The molecule has 27 nitrogen and oxygen atoms in total. The van der Waals surface area contributed by atoms with E-state index in [0.717, 1.165) is 17.2 Å². The zero-order valence-electron chi connectivity index (χ0n) is 28.6. The monoisotopic (exact) mass is 865 g/mol. The van der Waals surface area contributed by atoms with Gasteiger partial charge in [0, 0.05) is 18.5 Å². The smallest absolute Gasteiger partial charge is 0.478 e. The molecule has 0 saturated carbocycles. The Morgan fingerprint density at radius 2 is 1.58 bits per heavy atom. The van der Waals surface area contributed by atoms with E-state index in [9.17, 15) is 58.2 Å². The number of phosphoric acid groups is 3. The molecule has 12 N–H and O–H groups in total. The largest absolute Gasteiger partial charge is 0.756 e. The fraction of sp³-hybridized carbons (Fsp3) is 0.370. The molecule has 0 spiro atoms. The number of nitrogen functional groups attached to an aromatic ring is 1. The summed E-state index contributed by atoms with van der Waals surface area (Å²) in [7, 11) is -16.6. The van der Waals surface area contributed by atoms with Gasteiger partial charge in [-0.05, 0) is 18.2 Å². The van der Waals surface area contributed by atoms with Gasteiger partial charge in [-0.3, -0.25) is 32.8 Å². The number of hydrogen-bond donors (Lipinski definition) is 9. The van der Waals surface area contributed by atoms with Gasteiger partial charge < -0.3 is 66.1 Å². The van der Waals surface area contributed by atoms with Crippen molar-refractivity contribution in [2.75, 3.05) is 18.9 Å². The number of aromatic nitrogens is 6. The molecule has 2 unspecified atom stereocenters. The summed E-state index contributed by atoms with van der Waals surface area (Å²) in [6.07, 6.45) is -5.57. The van der Waals surface area contributed by atoms with Crippen molar-refractivity contribution in [3.63, 3.8) is 0 Å². The number of rotatable bonds is 14. The molecule has 310 valence electrons. The van der Waals surface area contributed by atoms with Crippen molar-refractivity contribution in [1.82, 2.24) is 24.5 Å². The lowest BCUT2D eigenvalue weighted by Crippen LogP contribution is -2.46. The molecule has 0 aromatic carbocycles. The van der Waals surface area contributed by atoms with Gasteiger partial charge in [-0.1, -0.05) is 0 Å². The van der Waals surface area contributed by atoms with Crippen LogP contribution >= 0.6 is 23.5 Å². The molecule has 30 heteroatoms. The zero-order chi connectivity index (χ0) is 41.9. The summed E-state index contributed by atoms with van der Waals surface area (Å²) in [6, 6.07) is 6.06. The average Bonchev–Trinajstić information content (AvgIpc) is 3.79. The number of nitrogens with two attached hydrogens (primary N) is 3.